The van der Waals surface area contributed by atoms with Crippen LogP contribution in [0.3, 0.4) is 0 Å². The Morgan fingerprint density at radius 3 is 2.45 bits per heavy atom. The highest BCUT2D eigenvalue weighted by atomic mass is 19.1. The van der Waals surface area contributed by atoms with Crippen LogP contribution in [0.1, 0.15) is 38.3 Å². The van der Waals surface area contributed by atoms with Gasteiger partial charge < -0.3 is 0 Å². The SMILES string of the molecule is O=C(NNC(=O)c1ccccc1F)c1ccc2c(c1)CCC2. The van der Waals surface area contributed by atoms with E-state index < -0.39 is 17.6 Å². The van der Waals surface area contributed by atoms with Gasteiger partial charge in [0.25, 0.3) is 11.8 Å². The Labute approximate surface area is 127 Å². The van der Waals surface area contributed by atoms with Gasteiger partial charge in [0, 0.05) is 5.56 Å². The van der Waals surface area contributed by atoms with Crippen molar-refractivity contribution in [1.82, 2.24) is 10.9 Å². The van der Waals surface area contributed by atoms with Crippen LogP contribution in [0.15, 0.2) is 42.5 Å². The monoisotopic (exact) mass is 298 g/mol. The highest BCUT2D eigenvalue weighted by Gasteiger charge is 2.15. The predicted molar refractivity (Wildman–Crippen MR) is 79.8 cm³/mol. The van der Waals surface area contributed by atoms with Crippen molar-refractivity contribution >= 4 is 11.8 Å². The van der Waals surface area contributed by atoms with Gasteiger partial charge in [0.15, 0.2) is 0 Å². The van der Waals surface area contributed by atoms with E-state index in [0.717, 1.165) is 19.3 Å². The summed E-state index contributed by atoms with van der Waals surface area (Å²) in [7, 11) is 0. The highest BCUT2D eigenvalue weighted by Crippen LogP contribution is 2.22. The summed E-state index contributed by atoms with van der Waals surface area (Å²) in [5, 5.41) is 0. The molecule has 0 atom stereocenters. The van der Waals surface area contributed by atoms with Crippen LogP contribution < -0.4 is 10.9 Å². The Balaban J connectivity index is 1.65. The maximum Gasteiger partial charge on any atom is 0.272 e. The molecule has 112 valence electrons. The fourth-order valence-corrected chi connectivity index (χ4v) is 2.61. The first kappa shape index (κ1) is 14.3. The van der Waals surface area contributed by atoms with Crippen LogP contribution in [0.2, 0.25) is 0 Å². The lowest BCUT2D eigenvalue weighted by Crippen LogP contribution is -2.42. The second-order valence-electron chi connectivity index (χ2n) is 5.23. The molecule has 0 aliphatic heterocycles. The Kier molecular flexibility index (Phi) is 3.87. The molecule has 0 radical (unpaired) electrons. The number of nitrogens with one attached hydrogen (secondary N) is 2. The van der Waals surface area contributed by atoms with Gasteiger partial charge in [0.1, 0.15) is 5.82 Å². The molecule has 2 amide bonds. The lowest BCUT2D eigenvalue weighted by atomic mass is 10.1. The van der Waals surface area contributed by atoms with Crippen molar-refractivity contribution in [1.29, 1.82) is 0 Å². The molecule has 22 heavy (non-hydrogen) atoms. The minimum Gasteiger partial charge on any atom is -0.267 e. The van der Waals surface area contributed by atoms with Gasteiger partial charge in [-0.15, -0.1) is 0 Å². The maximum atomic E-state index is 13.5. The first-order chi connectivity index (χ1) is 10.6. The van der Waals surface area contributed by atoms with E-state index in [1.165, 1.54) is 29.3 Å². The quantitative estimate of drug-likeness (QED) is 0.836. The van der Waals surface area contributed by atoms with Gasteiger partial charge >= 0.3 is 0 Å². The van der Waals surface area contributed by atoms with Gasteiger partial charge in [-0.3, -0.25) is 20.4 Å². The number of rotatable bonds is 2. The van der Waals surface area contributed by atoms with Crippen molar-refractivity contribution in [2.45, 2.75) is 19.3 Å². The number of hydrazine groups is 1. The number of carbonyl (C=O) groups excluding carboxylic acids is 2. The van der Waals surface area contributed by atoms with E-state index in [-0.39, 0.29) is 5.56 Å². The summed E-state index contributed by atoms with van der Waals surface area (Å²) in [6, 6.07) is 11.1. The standard InChI is InChI=1S/C17H15FN2O2/c18-15-7-2-1-6-14(15)17(22)20-19-16(21)13-9-8-11-4-3-5-12(11)10-13/h1-2,6-10H,3-5H2,(H,19,21)(H,20,22). The van der Waals surface area contributed by atoms with Crippen LogP contribution in [0.4, 0.5) is 4.39 Å². The Morgan fingerprint density at radius 2 is 1.64 bits per heavy atom. The molecular weight excluding hydrogens is 283 g/mol. The second kappa shape index (κ2) is 5.97. The van der Waals surface area contributed by atoms with Crippen molar-refractivity contribution in [2.75, 3.05) is 0 Å². The van der Waals surface area contributed by atoms with E-state index >= 15 is 0 Å². The van der Waals surface area contributed by atoms with E-state index in [2.05, 4.69) is 10.9 Å². The highest BCUT2D eigenvalue weighted by molar-refractivity contribution is 5.99. The van der Waals surface area contributed by atoms with Crippen molar-refractivity contribution in [3.63, 3.8) is 0 Å². The normalized spacial score (nSPS) is 12.6. The summed E-state index contributed by atoms with van der Waals surface area (Å²) in [5.74, 6) is -1.74. The van der Waals surface area contributed by atoms with Crippen LogP contribution >= 0.6 is 0 Å². The molecule has 0 saturated heterocycles. The number of carbonyl (C=O) groups is 2. The van der Waals surface area contributed by atoms with Crippen LogP contribution in [0, 0.1) is 5.82 Å². The number of benzene rings is 2. The third-order valence-corrected chi connectivity index (χ3v) is 3.77. The average molecular weight is 298 g/mol. The van der Waals surface area contributed by atoms with Crippen LogP contribution in [0.25, 0.3) is 0 Å². The lowest BCUT2D eigenvalue weighted by Gasteiger charge is -2.09. The van der Waals surface area contributed by atoms with Crippen molar-refractivity contribution in [2.24, 2.45) is 0 Å². The van der Waals surface area contributed by atoms with Gasteiger partial charge in [0.2, 0.25) is 0 Å². The predicted octanol–water partition coefficient (Wildman–Crippen LogP) is 2.39. The maximum absolute atomic E-state index is 13.5. The van der Waals surface area contributed by atoms with Gasteiger partial charge in [0.05, 0.1) is 5.56 Å². The smallest absolute Gasteiger partial charge is 0.267 e. The molecular formula is C17H15FN2O2. The van der Waals surface area contributed by atoms with Crippen LogP contribution in [-0.4, -0.2) is 11.8 Å². The molecule has 2 N–H and O–H groups in total. The van der Waals surface area contributed by atoms with Crippen molar-refractivity contribution in [3.8, 4) is 0 Å². The van der Waals surface area contributed by atoms with Crippen LogP contribution in [-0.2, 0) is 12.8 Å². The minimum absolute atomic E-state index is 0.114. The molecule has 2 aromatic carbocycles. The first-order valence-electron chi connectivity index (χ1n) is 7.12. The summed E-state index contributed by atoms with van der Waals surface area (Å²) in [5.41, 5.74) is 7.35. The van der Waals surface area contributed by atoms with E-state index in [9.17, 15) is 14.0 Å². The zero-order chi connectivity index (χ0) is 15.5. The zero-order valence-electron chi connectivity index (χ0n) is 11.9. The molecule has 1 aliphatic carbocycles. The molecule has 4 nitrogen and oxygen atoms in total. The van der Waals surface area contributed by atoms with E-state index in [1.807, 2.05) is 12.1 Å². The summed E-state index contributed by atoms with van der Waals surface area (Å²) in [6.45, 7) is 0. The molecule has 1 aliphatic rings. The van der Waals surface area contributed by atoms with Crippen LogP contribution in [0.5, 0.6) is 0 Å². The minimum atomic E-state index is -0.687. The van der Waals surface area contributed by atoms with Gasteiger partial charge in [-0.25, -0.2) is 4.39 Å². The fraction of sp³-hybridized carbons (Fsp3) is 0.176. The fourth-order valence-electron chi connectivity index (χ4n) is 2.61. The summed E-state index contributed by atoms with van der Waals surface area (Å²) in [4.78, 5) is 23.9. The second-order valence-corrected chi connectivity index (χ2v) is 5.23. The van der Waals surface area contributed by atoms with Crippen molar-refractivity contribution in [3.05, 3.63) is 70.5 Å². The molecule has 0 heterocycles. The number of aryl methyl sites for hydroxylation is 2. The average Bonchev–Trinajstić information content (AvgIpc) is 3.00. The molecule has 0 bridgehead atoms. The van der Waals surface area contributed by atoms with Gasteiger partial charge in [-0.05, 0) is 54.7 Å². The Bertz CT molecular complexity index is 743. The van der Waals surface area contributed by atoms with E-state index in [0.29, 0.717) is 5.56 Å². The Morgan fingerprint density at radius 1 is 0.909 bits per heavy atom. The number of fused-ring (bicyclic) bond motifs is 1. The van der Waals surface area contributed by atoms with Crippen molar-refractivity contribution < 1.29 is 14.0 Å². The molecule has 2 aromatic rings. The van der Waals surface area contributed by atoms with E-state index in [4.69, 9.17) is 0 Å². The van der Waals surface area contributed by atoms with Gasteiger partial charge in [-0.2, -0.15) is 0 Å². The summed E-state index contributed by atoms with van der Waals surface area (Å²) in [6.07, 6.45) is 3.11. The molecule has 0 spiro atoms. The Hall–Kier alpha value is -2.69. The van der Waals surface area contributed by atoms with Gasteiger partial charge in [-0.1, -0.05) is 18.2 Å². The summed E-state index contributed by atoms with van der Waals surface area (Å²) >= 11 is 0. The molecule has 0 aromatic heterocycles. The molecule has 5 heteroatoms. The third kappa shape index (κ3) is 2.83. The number of amides is 2. The zero-order valence-corrected chi connectivity index (χ0v) is 11.9. The number of halogens is 1. The number of hydrogen-bond acceptors (Lipinski definition) is 2. The first-order valence-corrected chi connectivity index (χ1v) is 7.12. The van der Waals surface area contributed by atoms with E-state index in [1.54, 1.807) is 12.1 Å². The molecule has 0 fully saturated rings. The topological polar surface area (TPSA) is 58.2 Å². The third-order valence-electron chi connectivity index (χ3n) is 3.77. The molecule has 0 unspecified atom stereocenters. The largest absolute Gasteiger partial charge is 0.272 e. The lowest BCUT2D eigenvalue weighted by molar-refractivity contribution is 0.0844. The molecule has 0 saturated carbocycles. The summed E-state index contributed by atoms with van der Waals surface area (Å²) < 4.78 is 13.5. The number of hydrogen-bond donors (Lipinski definition) is 2. The molecule has 3 rings (SSSR count).